The molecule has 0 unspecified atom stereocenters. The first-order chi connectivity index (χ1) is 13.8. The molecule has 0 spiro atoms. The summed E-state index contributed by atoms with van der Waals surface area (Å²) in [5, 5.41) is 11.4. The standard InChI is InChI=1S/C18H21FN8O2/c1-9(11-7-10(19)5-6-13(11)28-4)21-12-8-27-16(15-23-18(2,3)29-26-15)24-25-17(27)22-14(12)20/h5-9,21H,1-4H3,(H,23,26)(H2,20,22,25)/t9-/m1/s1. The molecular formula is C18H21FN8O2. The van der Waals surface area contributed by atoms with Gasteiger partial charge in [-0.2, -0.15) is 4.98 Å². The predicted octanol–water partition coefficient (Wildman–Crippen LogP) is 2.04. The van der Waals surface area contributed by atoms with Crippen LogP contribution in [-0.4, -0.2) is 38.3 Å². The molecule has 11 heteroatoms. The molecule has 0 radical (unpaired) electrons. The van der Waals surface area contributed by atoms with E-state index in [-0.39, 0.29) is 17.7 Å². The first-order valence-corrected chi connectivity index (χ1v) is 8.93. The van der Waals surface area contributed by atoms with Crippen LogP contribution in [0.2, 0.25) is 0 Å². The van der Waals surface area contributed by atoms with E-state index in [0.29, 0.717) is 34.4 Å². The summed E-state index contributed by atoms with van der Waals surface area (Å²) in [7, 11) is 1.54. The molecule has 1 atom stereocenters. The Hall–Kier alpha value is -3.47. The van der Waals surface area contributed by atoms with Gasteiger partial charge >= 0.3 is 0 Å². The van der Waals surface area contributed by atoms with Crippen molar-refractivity contribution in [3.05, 3.63) is 41.6 Å². The normalized spacial score (nSPS) is 16.4. The maximum Gasteiger partial charge on any atom is 0.257 e. The van der Waals surface area contributed by atoms with E-state index in [4.69, 9.17) is 15.3 Å². The monoisotopic (exact) mass is 400 g/mol. The largest absolute Gasteiger partial charge is 0.496 e. The van der Waals surface area contributed by atoms with Crippen LogP contribution in [0.25, 0.3) is 5.78 Å². The maximum absolute atomic E-state index is 13.7. The van der Waals surface area contributed by atoms with Crippen molar-refractivity contribution in [2.45, 2.75) is 32.5 Å². The van der Waals surface area contributed by atoms with Crippen molar-refractivity contribution < 1.29 is 14.0 Å². The Morgan fingerprint density at radius 1 is 1.34 bits per heavy atom. The number of nitrogens with one attached hydrogen (secondary N) is 2. The Balaban J connectivity index is 1.70. The quantitative estimate of drug-likeness (QED) is 0.594. The number of amidine groups is 1. The summed E-state index contributed by atoms with van der Waals surface area (Å²) in [5.41, 5.74) is 9.30. The van der Waals surface area contributed by atoms with Crippen LogP contribution in [-0.2, 0) is 4.84 Å². The molecule has 4 rings (SSSR count). The molecule has 0 saturated heterocycles. The van der Waals surface area contributed by atoms with Gasteiger partial charge in [0.2, 0.25) is 5.82 Å². The number of hydrogen-bond acceptors (Lipinski definition) is 9. The molecule has 152 valence electrons. The van der Waals surface area contributed by atoms with Crippen LogP contribution in [0.15, 0.2) is 29.4 Å². The Bertz CT molecular complexity index is 1110. The van der Waals surface area contributed by atoms with Crippen LogP contribution in [0.4, 0.5) is 15.9 Å². The first-order valence-electron chi connectivity index (χ1n) is 8.93. The third-order valence-electron chi connectivity index (χ3n) is 4.45. The second-order valence-corrected chi connectivity index (χ2v) is 7.10. The fourth-order valence-electron chi connectivity index (χ4n) is 3.05. The second-order valence-electron chi connectivity index (χ2n) is 7.10. The van der Waals surface area contributed by atoms with E-state index in [0.717, 1.165) is 0 Å². The van der Waals surface area contributed by atoms with Crippen molar-refractivity contribution in [1.82, 2.24) is 25.1 Å². The summed E-state index contributed by atoms with van der Waals surface area (Å²) >= 11 is 0. The van der Waals surface area contributed by atoms with Crippen molar-refractivity contribution in [2.24, 2.45) is 4.99 Å². The van der Waals surface area contributed by atoms with Crippen LogP contribution in [0.1, 0.15) is 38.2 Å². The van der Waals surface area contributed by atoms with E-state index in [2.05, 4.69) is 31.0 Å². The fraction of sp³-hybridized carbons (Fsp3) is 0.333. The lowest BCUT2D eigenvalue weighted by Gasteiger charge is -2.19. The number of hydroxylamine groups is 1. The predicted molar refractivity (Wildman–Crippen MR) is 105 cm³/mol. The van der Waals surface area contributed by atoms with Crippen LogP contribution in [0.3, 0.4) is 0 Å². The van der Waals surface area contributed by atoms with Gasteiger partial charge < -0.3 is 15.8 Å². The van der Waals surface area contributed by atoms with Crippen molar-refractivity contribution >= 4 is 23.1 Å². The van der Waals surface area contributed by atoms with E-state index >= 15 is 0 Å². The van der Waals surface area contributed by atoms with Gasteiger partial charge in [0, 0.05) is 11.8 Å². The number of aromatic nitrogens is 4. The van der Waals surface area contributed by atoms with Gasteiger partial charge in [-0.1, -0.05) is 0 Å². The lowest BCUT2D eigenvalue weighted by Crippen LogP contribution is -2.24. The zero-order valence-corrected chi connectivity index (χ0v) is 16.4. The average molecular weight is 400 g/mol. The van der Waals surface area contributed by atoms with Crippen LogP contribution in [0, 0.1) is 5.82 Å². The average Bonchev–Trinajstić information content (AvgIpc) is 3.24. The van der Waals surface area contributed by atoms with Crippen molar-refractivity contribution in [1.29, 1.82) is 0 Å². The highest BCUT2D eigenvalue weighted by Crippen LogP contribution is 2.30. The lowest BCUT2D eigenvalue weighted by molar-refractivity contribution is -0.0270. The third kappa shape index (κ3) is 3.51. The summed E-state index contributed by atoms with van der Waals surface area (Å²) < 4.78 is 20.7. The van der Waals surface area contributed by atoms with Gasteiger partial charge in [-0.15, -0.1) is 10.2 Å². The van der Waals surface area contributed by atoms with Gasteiger partial charge in [0.25, 0.3) is 5.78 Å². The molecule has 4 N–H and O–H groups in total. The second kappa shape index (κ2) is 6.85. The van der Waals surface area contributed by atoms with E-state index in [1.807, 2.05) is 20.8 Å². The highest BCUT2D eigenvalue weighted by atomic mass is 19.1. The Labute approximate surface area is 165 Å². The number of fused-ring (bicyclic) bond motifs is 1. The molecule has 0 fully saturated rings. The van der Waals surface area contributed by atoms with Crippen molar-refractivity contribution in [2.75, 3.05) is 18.2 Å². The van der Waals surface area contributed by atoms with E-state index in [1.54, 1.807) is 16.7 Å². The van der Waals surface area contributed by atoms with Gasteiger partial charge in [-0.25, -0.2) is 19.7 Å². The number of aliphatic imine (C=N–C) groups is 1. The Morgan fingerprint density at radius 3 is 2.83 bits per heavy atom. The molecule has 0 aliphatic carbocycles. The SMILES string of the molecule is COc1ccc(F)cc1[C@@H](C)Nc1cn2c(C3=NC(C)(C)ON3)nnc2nc1N. The topological polar surface area (TPSA) is 124 Å². The number of halogens is 1. The minimum absolute atomic E-state index is 0.233. The van der Waals surface area contributed by atoms with Gasteiger partial charge in [0.15, 0.2) is 17.4 Å². The minimum Gasteiger partial charge on any atom is -0.496 e. The fourth-order valence-corrected chi connectivity index (χ4v) is 3.05. The number of anilines is 2. The third-order valence-corrected chi connectivity index (χ3v) is 4.45. The molecule has 10 nitrogen and oxygen atoms in total. The van der Waals surface area contributed by atoms with Gasteiger partial charge in [-0.3, -0.25) is 4.40 Å². The number of rotatable bonds is 5. The molecule has 0 bridgehead atoms. The molecule has 1 aliphatic heterocycles. The molecule has 2 aromatic heterocycles. The van der Waals surface area contributed by atoms with Gasteiger partial charge in [0.1, 0.15) is 11.6 Å². The first kappa shape index (κ1) is 18.9. The van der Waals surface area contributed by atoms with E-state index < -0.39 is 5.72 Å². The lowest BCUT2D eigenvalue weighted by atomic mass is 10.1. The highest BCUT2D eigenvalue weighted by molar-refractivity contribution is 5.96. The zero-order valence-electron chi connectivity index (χ0n) is 16.4. The number of methoxy groups -OCH3 is 1. The molecule has 0 amide bonds. The molecule has 1 aliphatic rings. The smallest absolute Gasteiger partial charge is 0.257 e. The number of nitrogen functional groups attached to an aromatic ring is 1. The molecule has 3 aromatic rings. The van der Waals surface area contributed by atoms with Crippen LogP contribution < -0.4 is 21.3 Å². The number of hydrogen-bond donors (Lipinski definition) is 3. The number of benzene rings is 1. The minimum atomic E-state index is -0.716. The van der Waals surface area contributed by atoms with E-state index in [1.165, 1.54) is 19.2 Å². The van der Waals surface area contributed by atoms with Crippen molar-refractivity contribution in [3.63, 3.8) is 0 Å². The zero-order chi connectivity index (χ0) is 20.8. The van der Waals surface area contributed by atoms with Gasteiger partial charge in [0.05, 0.1) is 18.8 Å². The molecule has 29 heavy (non-hydrogen) atoms. The summed E-state index contributed by atoms with van der Waals surface area (Å²) in [6, 6.07) is 4.03. The molecular weight excluding hydrogens is 379 g/mol. The maximum atomic E-state index is 13.7. The molecule has 0 saturated carbocycles. The summed E-state index contributed by atoms with van der Waals surface area (Å²) in [5.74, 6) is 1.61. The van der Waals surface area contributed by atoms with Gasteiger partial charge in [-0.05, 0) is 39.0 Å². The number of nitrogens with two attached hydrogens (primary N) is 1. The Kier molecular flexibility index (Phi) is 4.46. The Morgan fingerprint density at radius 2 is 2.14 bits per heavy atom. The number of nitrogens with zero attached hydrogens (tertiary/aromatic N) is 5. The molecule has 3 heterocycles. The van der Waals surface area contributed by atoms with Crippen molar-refractivity contribution in [3.8, 4) is 5.75 Å². The van der Waals surface area contributed by atoms with E-state index in [9.17, 15) is 4.39 Å². The highest BCUT2D eigenvalue weighted by Gasteiger charge is 2.29. The number of ether oxygens (including phenoxy) is 1. The summed E-state index contributed by atoms with van der Waals surface area (Å²) in [6.45, 7) is 5.49. The summed E-state index contributed by atoms with van der Waals surface area (Å²) in [6.07, 6.45) is 1.71. The molecule has 1 aromatic carbocycles. The summed E-state index contributed by atoms with van der Waals surface area (Å²) in [4.78, 5) is 14.1. The van der Waals surface area contributed by atoms with Crippen LogP contribution in [0.5, 0.6) is 5.75 Å². The van der Waals surface area contributed by atoms with Crippen LogP contribution >= 0.6 is 0 Å².